The van der Waals surface area contributed by atoms with Crippen LogP contribution < -0.4 is 10.6 Å². The summed E-state index contributed by atoms with van der Waals surface area (Å²) in [6.45, 7) is 8.72. The van der Waals surface area contributed by atoms with E-state index in [1.54, 1.807) is 45.0 Å². The average Bonchev–Trinajstić information content (AvgIpc) is 2.85. The summed E-state index contributed by atoms with van der Waals surface area (Å²) in [4.78, 5) is 41.5. The molecule has 9 heteroatoms. The molecule has 202 valence electrons. The standard InChI is InChI=1S/C28H40N4O4S/c1-6-20-11-10-12-21(19-20)24(25(33)30-22-13-8-7-9-14-22)32(17-16-29)26(34)23(15-18-37-5)31-27(35)36-28(2,3)4/h6,10-12,19,22-24H,1,7-9,13-15,17-18H2,2-5H3,(H,30,33)(H,31,35). The number of alkyl carbamates (subject to hydrolysis) is 1. The van der Waals surface area contributed by atoms with Crippen molar-refractivity contribution in [1.29, 1.82) is 5.26 Å². The predicted molar refractivity (Wildman–Crippen MR) is 148 cm³/mol. The van der Waals surface area contributed by atoms with Crippen LogP contribution in [0.25, 0.3) is 6.08 Å². The molecule has 1 aliphatic rings. The second kappa shape index (κ2) is 14.7. The second-order valence-corrected chi connectivity index (χ2v) is 11.2. The first kappa shape index (κ1) is 30.2. The molecule has 1 aromatic rings. The van der Waals surface area contributed by atoms with Gasteiger partial charge in [-0.2, -0.15) is 17.0 Å². The van der Waals surface area contributed by atoms with Crippen molar-refractivity contribution in [2.24, 2.45) is 0 Å². The van der Waals surface area contributed by atoms with Crippen molar-refractivity contribution < 1.29 is 19.1 Å². The van der Waals surface area contributed by atoms with Gasteiger partial charge in [0.2, 0.25) is 11.8 Å². The third-order valence-electron chi connectivity index (χ3n) is 6.10. The van der Waals surface area contributed by atoms with E-state index in [0.29, 0.717) is 17.7 Å². The molecule has 0 aliphatic heterocycles. The maximum atomic E-state index is 13.9. The molecule has 0 bridgehead atoms. The van der Waals surface area contributed by atoms with Gasteiger partial charge >= 0.3 is 6.09 Å². The second-order valence-electron chi connectivity index (χ2n) is 10.2. The number of carbonyl (C=O) groups excluding carboxylic acids is 3. The van der Waals surface area contributed by atoms with Crippen LogP contribution in [0.15, 0.2) is 30.8 Å². The fourth-order valence-corrected chi connectivity index (χ4v) is 4.84. The number of benzene rings is 1. The topological polar surface area (TPSA) is 112 Å². The summed E-state index contributed by atoms with van der Waals surface area (Å²) in [5, 5.41) is 15.5. The number of nitrogens with one attached hydrogen (secondary N) is 2. The summed E-state index contributed by atoms with van der Waals surface area (Å²) in [5.41, 5.74) is 0.634. The first-order valence-electron chi connectivity index (χ1n) is 12.8. The molecule has 0 heterocycles. The Bertz CT molecular complexity index is 979. The highest BCUT2D eigenvalue weighted by molar-refractivity contribution is 7.98. The van der Waals surface area contributed by atoms with Gasteiger partial charge in [-0.1, -0.05) is 50.1 Å². The van der Waals surface area contributed by atoms with Gasteiger partial charge in [-0.05, 0) is 69.2 Å². The number of thioether (sulfide) groups is 1. The van der Waals surface area contributed by atoms with Gasteiger partial charge in [0.1, 0.15) is 24.2 Å². The Balaban J connectivity index is 2.44. The molecule has 2 unspecified atom stereocenters. The normalized spacial score (nSPS) is 15.5. The van der Waals surface area contributed by atoms with Crippen molar-refractivity contribution in [3.8, 4) is 6.07 Å². The van der Waals surface area contributed by atoms with Gasteiger partial charge in [0.15, 0.2) is 0 Å². The summed E-state index contributed by atoms with van der Waals surface area (Å²) in [6.07, 6.45) is 8.17. The molecule has 1 saturated carbocycles. The smallest absolute Gasteiger partial charge is 0.408 e. The molecular weight excluding hydrogens is 488 g/mol. The molecule has 0 saturated heterocycles. The average molecular weight is 529 g/mol. The molecule has 2 N–H and O–H groups in total. The highest BCUT2D eigenvalue weighted by Gasteiger charge is 2.37. The number of nitriles is 1. The molecule has 8 nitrogen and oxygen atoms in total. The van der Waals surface area contributed by atoms with Crippen molar-refractivity contribution in [2.45, 2.75) is 83.0 Å². The van der Waals surface area contributed by atoms with Gasteiger partial charge < -0.3 is 20.3 Å². The minimum atomic E-state index is -1.04. The minimum Gasteiger partial charge on any atom is -0.444 e. The van der Waals surface area contributed by atoms with Crippen molar-refractivity contribution in [3.63, 3.8) is 0 Å². The van der Waals surface area contributed by atoms with Crippen molar-refractivity contribution in [3.05, 3.63) is 42.0 Å². The van der Waals surface area contributed by atoms with Gasteiger partial charge in [0, 0.05) is 6.04 Å². The molecular formula is C28H40N4O4S. The zero-order valence-corrected chi connectivity index (χ0v) is 23.2. The molecule has 1 fully saturated rings. The zero-order chi connectivity index (χ0) is 27.4. The number of hydrogen-bond donors (Lipinski definition) is 2. The molecule has 1 aliphatic carbocycles. The Morgan fingerprint density at radius 3 is 2.57 bits per heavy atom. The van der Waals surface area contributed by atoms with Crippen LogP contribution in [0.3, 0.4) is 0 Å². The first-order valence-corrected chi connectivity index (χ1v) is 14.2. The lowest BCUT2D eigenvalue weighted by Gasteiger charge is -2.34. The Morgan fingerprint density at radius 2 is 1.97 bits per heavy atom. The highest BCUT2D eigenvalue weighted by atomic mass is 32.2. The van der Waals surface area contributed by atoms with Gasteiger partial charge in [-0.25, -0.2) is 4.79 Å². The van der Waals surface area contributed by atoms with Crippen LogP contribution >= 0.6 is 11.8 Å². The third-order valence-corrected chi connectivity index (χ3v) is 6.74. The monoisotopic (exact) mass is 528 g/mol. The molecule has 1 aromatic carbocycles. The SMILES string of the molecule is C=Cc1cccc(C(C(=O)NC2CCCCC2)N(CC#N)C(=O)C(CCSC)NC(=O)OC(C)(C)C)c1. The van der Waals surface area contributed by atoms with Crippen molar-refractivity contribution >= 4 is 35.7 Å². The molecule has 37 heavy (non-hydrogen) atoms. The third kappa shape index (κ3) is 9.77. The molecule has 0 aromatic heterocycles. The maximum absolute atomic E-state index is 13.9. The van der Waals surface area contributed by atoms with E-state index < -0.39 is 29.7 Å². The fraction of sp³-hybridized carbons (Fsp3) is 0.571. The molecule has 2 rings (SSSR count). The molecule has 2 atom stereocenters. The Labute approximate surface area is 225 Å². The largest absolute Gasteiger partial charge is 0.444 e. The highest BCUT2D eigenvalue weighted by Crippen LogP contribution is 2.26. The fourth-order valence-electron chi connectivity index (χ4n) is 4.37. The van der Waals surface area contributed by atoms with Gasteiger partial charge in [-0.3, -0.25) is 9.59 Å². The van der Waals surface area contributed by atoms with E-state index in [1.165, 1.54) is 16.7 Å². The van der Waals surface area contributed by atoms with E-state index in [9.17, 15) is 19.6 Å². The van der Waals surface area contributed by atoms with Crippen LogP contribution in [0.2, 0.25) is 0 Å². The summed E-state index contributed by atoms with van der Waals surface area (Å²) >= 11 is 1.53. The van der Waals surface area contributed by atoms with Crippen LogP contribution in [0, 0.1) is 11.3 Å². The lowest BCUT2D eigenvalue weighted by Crippen LogP contribution is -2.54. The predicted octanol–water partition coefficient (Wildman–Crippen LogP) is 4.82. The summed E-state index contributed by atoms with van der Waals surface area (Å²) in [7, 11) is 0. The van der Waals surface area contributed by atoms with E-state index in [1.807, 2.05) is 18.4 Å². The van der Waals surface area contributed by atoms with Gasteiger partial charge in [-0.15, -0.1) is 0 Å². The minimum absolute atomic E-state index is 0.0255. The number of nitrogens with zero attached hydrogens (tertiary/aromatic N) is 2. The zero-order valence-electron chi connectivity index (χ0n) is 22.4. The van der Waals surface area contributed by atoms with Crippen LogP contribution in [0.5, 0.6) is 0 Å². The maximum Gasteiger partial charge on any atom is 0.408 e. The Kier molecular flexibility index (Phi) is 12.0. The van der Waals surface area contributed by atoms with Crippen molar-refractivity contribution in [1.82, 2.24) is 15.5 Å². The van der Waals surface area contributed by atoms with E-state index in [2.05, 4.69) is 17.2 Å². The Morgan fingerprint density at radius 1 is 1.27 bits per heavy atom. The first-order chi connectivity index (χ1) is 17.6. The van der Waals surface area contributed by atoms with Crippen LogP contribution in [-0.4, -0.2) is 59.0 Å². The molecule has 3 amide bonds. The van der Waals surface area contributed by atoms with Crippen molar-refractivity contribution in [2.75, 3.05) is 18.6 Å². The van der Waals surface area contributed by atoms with Crippen LogP contribution in [0.4, 0.5) is 4.79 Å². The lowest BCUT2D eigenvalue weighted by atomic mass is 9.94. The van der Waals surface area contributed by atoms with E-state index in [4.69, 9.17) is 4.74 Å². The lowest BCUT2D eigenvalue weighted by molar-refractivity contribution is -0.142. The number of rotatable bonds is 11. The van der Waals surface area contributed by atoms with Gasteiger partial charge in [0.05, 0.1) is 6.07 Å². The molecule has 0 spiro atoms. The summed E-state index contributed by atoms with van der Waals surface area (Å²) in [6, 6.07) is 7.30. The van der Waals surface area contributed by atoms with E-state index in [-0.39, 0.29) is 18.5 Å². The van der Waals surface area contributed by atoms with E-state index >= 15 is 0 Å². The quantitative estimate of drug-likeness (QED) is 0.399. The number of amides is 3. The van der Waals surface area contributed by atoms with Gasteiger partial charge in [0.25, 0.3) is 0 Å². The van der Waals surface area contributed by atoms with Crippen LogP contribution in [-0.2, 0) is 14.3 Å². The number of ether oxygens (including phenoxy) is 1. The number of carbonyl (C=O) groups is 3. The summed E-state index contributed by atoms with van der Waals surface area (Å²) in [5.74, 6) is -0.246. The Hall–Kier alpha value is -2.99. The van der Waals surface area contributed by atoms with Crippen LogP contribution in [0.1, 0.15) is 76.5 Å². The van der Waals surface area contributed by atoms with E-state index in [0.717, 1.165) is 37.7 Å². The molecule has 0 radical (unpaired) electrons. The summed E-state index contributed by atoms with van der Waals surface area (Å²) < 4.78 is 5.38. The number of hydrogen-bond acceptors (Lipinski definition) is 6.